The SMILES string of the molecule is COC(=O)C1=C(C(=O)OC)SC(=C2SC3=C(SC(=C4SC=CS4)S3)S2)S1. The summed E-state index contributed by atoms with van der Waals surface area (Å²) in [4.78, 5) is 24.6. The van der Waals surface area contributed by atoms with Crippen molar-refractivity contribution in [2.75, 3.05) is 14.2 Å². The van der Waals surface area contributed by atoms with Gasteiger partial charge in [0.05, 0.1) is 39.6 Å². The molecule has 12 heteroatoms. The van der Waals surface area contributed by atoms with Crippen LogP contribution in [0.15, 0.2) is 46.0 Å². The standard InChI is InChI=1S/C14H8O4S8/c1-17-7(15)5-6(8(16)18-2)22-11(21-5)12-25-13-14(26-12)24-10(23-13)9-19-3-4-20-9/h3-4H,1-2H3. The lowest BCUT2D eigenvalue weighted by Gasteiger charge is -2.06. The third kappa shape index (κ3) is 3.80. The molecule has 0 fully saturated rings. The molecule has 0 N–H and O–H groups in total. The number of esters is 2. The predicted octanol–water partition coefficient (Wildman–Crippen LogP) is 6.32. The van der Waals surface area contributed by atoms with Gasteiger partial charge in [0.15, 0.2) is 0 Å². The van der Waals surface area contributed by atoms with Crippen LogP contribution < -0.4 is 0 Å². The van der Waals surface area contributed by atoms with Crippen LogP contribution in [0.4, 0.5) is 0 Å². The Labute approximate surface area is 184 Å². The van der Waals surface area contributed by atoms with Crippen LogP contribution in [0, 0.1) is 0 Å². The summed E-state index contributed by atoms with van der Waals surface area (Å²) in [6.45, 7) is 0. The fraction of sp³-hybridized carbons (Fsp3) is 0.143. The summed E-state index contributed by atoms with van der Waals surface area (Å²) in [6, 6.07) is 0. The molecule has 4 aliphatic heterocycles. The molecular formula is C14H8O4S8. The molecule has 4 rings (SSSR count). The molecule has 0 spiro atoms. The minimum absolute atomic E-state index is 0.299. The van der Waals surface area contributed by atoms with Gasteiger partial charge in [-0.3, -0.25) is 0 Å². The van der Waals surface area contributed by atoms with Crippen LogP contribution in [0.1, 0.15) is 0 Å². The summed E-state index contributed by atoms with van der Waals surface area (Å²) in [6.07, 6.45) is 0. The average Bonchev–Trinajstić information content (AvgIpc) is 3.41. The number of rotatable bonds is 2. The zero-order valence-corrected chi connectivity index (χ0v) is 19.6. The van der Waals surface area contributed by atoms with Gasteiger partial charge in [0.1, 0.15) is 9.81 Å². The quantitative estimate of drug-likeness (QED) is 0.402. The van der Waals surface area contributed by atoms with Crippen molar-refractivity contribution in [1.82, 2.24) is 0 Å². The van der Waals surface area contributed by atoms with Gasteiger partial charge < -0.3 is 9.47 Å². The van der Waals surface area contributed by atoms with Crippen molar-refractivity contribution in [3.8, 4) is 0 Å². The van der Waals surface area contributed by atoms with Crippen LogP contribution in [0.3, 0.4) is 0 Å². The molecule has 4 nitrogen and oxygen atoms in total. The maximum atomic E-state index is 12.0. The molecule has 26 heavy (non-hydrogen) atoms. The second kappa shape index (κ2) is 8.44. The van der Waals surface area contributed by atoms with Gasteiger partial charge >= 0.3 is 11.9 Å². The van der Waals surface area contributed by atoms with Crippen LogP contribution in [-0.4, -0.2) is 26.2 Å². The largest absolute Gasteiger partial charge is 0.465 e. The minimum Gasteiger partial charge on any atom is -0.465 e. The molecule has 4 aliphatic rings. The van der Waals surface area contributed by atoms with Crippen molar-refractivity contribution in [3.63, 3.8) is 0 Å². The number of carbonyl (C=O) groups excluding carboxylic acids is 2. The molecule has 0 radical (unpaired) electrons. The van der Waals surface area contributed by atoms with Crippen molar-refractivity contribution in [2.24, 2.45) is 0 Å². The van der Waals surface area contributed by atoms with E-state index in [1.165, 1.54) is 54.7 Å². The lowest BCUT2D eigenvalue weighted by atomic mass is 10.5. The van der Waals surface area contributed by atoms with E-state index < -0.39 is 11.9 Å². The van der Waals surface area contributed by atoms with Gasteiger partial charge in [-0.1, -0.05) is 94.1 Å². The first-order valence-corrected chi connectivity index (χ1v) is 13.5. The first-order valence-electron chi connectivity index (χ1n) is 6.80. The van der Waals surface area contributed by atoms with Gasteiger partial charge in [-0.05, 0) is 10.8 Å². The Balaban J connectivity index is 1.50. The van der Waals surface area contributed by atoms with E-state index in [0.29, 0.717) is 9.81 Å². The molecule has 0 aromatic heterocycles. The van der Waals surface area contributed by atoms with Crippen LogP contribution >= 0.6 is 94.1 Å². The molecule has 4 heterocycles. The Kier molecular flexibility index (Phi) is 6.41. The zero-order chi connectivity index (χ0) is 18.3. The van der Waals surface area contributed by atoms with Crippen molar-refractivity contribution in [2.45, 2.75) is 0 Å². The Morgan fingerprint density at radius 2 is 0.962 bits per heavy atom. The fourth-order valence-electron chi connectivity index (χ4n) is 1.89. The number of carbonyl (C=O) groups is 2. The molecule has 0 aromatic carbocycles. The van der Waals surface area contributed by atoms with E-state index in [9.17, 15) is 9.59 Å². The van der Waals surface area contributed by atoms with Gasteiger partial charge in [-0.25, -0.2) is 9.59 Å². The van der Waals surface area contributed by atoms with Crippen LogP contribution in [0.2, 0.25) is 0 Å². The van der Waals surface area contributed by atoms with E-state index in [1.807, 2.05) is 0 Å². The zero-order valence-electron chi connectivity index (χ0n) is 13.1. The highest BCUT2D eigenvalue weighted by atomic mass is 32.3. The van der Waals surface area contributed by atoms with Gasteiger partial charge in [0.2, 0.25) is 0 Å². The number of hydrogen-bond acceptors (Lipinski definition) is 12. The predicted molar refractivity (Wildman–Crippen MR) is 122 cm³/mol. The van der Waals surface area contributed by atoms with E-state index in [1.54, 1.807) is 70.6 Å². The van der Waals surface area contributed by atoms with Gasteiger partial charge in [0.25, 0.3) is 0 Å². The highest BCUT2D eigenvalue weighted by Gasteiger charge is 2.38. The summed E-state index contributed by atoms with van der Waals surface area (Å²) in [7, 11) is 2.62. The molecule has 0 atom stereocenters. The lowest BCUT2D eigenvalue weighted by Crippen LogP contribution is -2.08. The number of thioether (sulfide) groups is 8. The maximum Gasteiger partial charge on any atom is 0.346 e. The number of hydrogen-bond donors (Lipinski definition) is 0. The molecular weight excluding hydrogens is 489 g/mol. The molecule has 0 aromatic rings. The highest BCUT2D eigenvalue weighted by Crippen LogP contribution is 2.71. The highest BCUT2D eigenvalue weighted by molar-refractivity contribution is 8.49. The van der Waals surface area contributed by atoms with Crippen molar-refractivity contribution < 1.29 is 19.1 Å². The van der Waals surface area contributed by atoms with Gasteiger partial charge in [-0.2, -0.15) is 0 Å². The summed E-state index contributed by atoms with van der Waals surface area (Å²) in [5, 5.41) is 4.21. The van der Waals surface area contributed by atoms with E-state index in [2.05, 4.69) is 10.8 Å². The Morgan fingerprint density at radius 3 is 1.35 bits per heavy atom. The monoisotopic (exact) mass is 496 g/mol. The van der Waals surface area contributed by atoms with Gasteiger partial charge in [0, 0.05) is 0 Å². The Hall–Kier alpha value is 0.440. The Morgan fingerprint density at radius 1 is 0.615 bits per heavy atom. The molecule has 0 amide bonds. The first-order chi connectivity index (χ1) is 12.6. The topological polar surface area (TPSA) is 52.6 Å². The fourth-order valence-corrected chi connectivity index (χ4v) is 13.2. The minimum atomic E-state index is -0.509. The van der Waals surface area contributed by atoms with Crippen LogP contribution in [0.25, 0.3) is 0 Å². The van der Waals surface area contributed by atoms with Crippen molar-refractivity contribution in [3.05, 3.63) is 46.0 Å². The van der Waals surface area contributed by atoms with E-state index in [4.69, 9.17) is 9.47 Å². The van der Waals surface area contributed by atoms with Crippen molar-refractivity contribution in [1.29, 1.82) is 0 Å². The van der Waals surface area contributed by atoms with Crippen molar-refractivity contribution >= 4 is 106 Å². The molecule has 0 bridgehead atoms. The first kappa shape index (κ1) is 19.7. The number of ether oxygens (including phenoxy) is 2. The van der Waals surface area contributed by atoms with Gasteiger partial charge in [-0.15, -0.1) is 0 Å². The van der Waals surface area contributed by atoms with E-state index in [-0.39, 0.29) is 0 Å². The Bertz CT molecular complexity index is 804. The molecule has 0 aliphatic carbocycles. The molecule has 0 saturated carbocycles. The van der Waals surface area contributed by atoms with E-state index in [0.717, 1.165) is 8.47 Å². The third-order valence-corrected chi connectivity index (χ3v) is 14.3. The van der Waals surface area contributed by atoms with Crippen LogP contribution in [-0.2, 0) is 19.1 Å². The second-order valence-electron chi connectivity index (χ2n) is 4.49. The molecule has 0 saturated heterocycles. The summed E-state index contributed by atoms with van der Waals surface area (Å²) in [5.41, 5.74) is 0. The average molecular weight is 497 g/mol. The van der Waals surface area contributed by atoms with E-state index >= 15 is 0 Å². The lowest BCUT2D eigenvalue weighted by molar-refractivity contribution is -0.138. The molecule has 0 unspecified atom stereocenters. The maximum absolute atomic E-state index is 12.0. The normalized spacial score (nSPS) is 22.1. The summed E-state index contributed by atoms with van der Waals surface area (Å²) in [5.74, 6) is -1.02. The molecule has 136 valence electrons. The third-order valence-electron chi connectivity index (χ3n) is 2.98. The summed E-state index contributed by atoms with van der Waals surface area (Å²) < 4.78 is 16.8. The smallest absolute Gasteiger partial charge is 0.346 e. The summed E-state index contributed by atoms with van der Waals surface area (Å²) >= 11 is 13.1. The number of methoxy groups -OCH3 is 2. The second-order valence-corrected chi connectivity index (χ2v) is 14.0. The van der Waals surface area contributed by atoms with Crippen LogP contribution in [0.5, 0.6) is 0 Å².